The Kier molecular flexibility index (Phi) is 4.79. The number of pyridine rings is 1. The van der Waals surface area contributed by atoms with Crippen LogP contribution >= 0.6 is 15.9 Å². The lowest BCUT2D eigenvalue weighted by Crippen LogP contribution is -2.36. The highest BCUT2D eigenvalue weighted by molar-refractivity contribution is 9.10. The number of likely N-dealkylation sites (tertiary alicyclic amines) is 1. The van der Waals surface area contributed by atoms with Crippen LogP contribution in [0.2, 0.25) is 0 Å². The molecule has 3 rings (SSSR count). The molecule has 2 heterocycles. The molecule has 4 heteroatoms. The van der Waals surface area contributed by atoms with Gasteiger partial charge in [-0.1, -0.05) is 30.3 Å². The third kappa shape index (κ3) is 3.50. The molecule has 22 heavy (non-hydrogen) atoms. The largest absolute Gasteiger partial charge is 0.366 e. The van der Waals surface area contributed by atoms with E-state index in [4.69, 9.17) is 0 Å². The Balaban J connectivity index is 1.64. The van der Waals surface area contributed by atoms with E-state index in [-0.39, 0.29) is 0 Å². The van der Waals surface area contributed by atoms with Gasteiger partial charge in [-0.25, -0.2) is 4.98 Å². The molecule has 0 radical (unpaired) electrons. The maximum absolute atomic E-state index is 4.51. The lowest BCUT2D eigenvalue weighted by atomic mass is 10.1. The minimum atomic E-state index is 0.455. The minimum absolute atomic E-state index is 0.455. The summed E-state index contributed by atoms with van der Waals surface area (Å²) < 4.78 is 1.03. The highest BCUT2D eigenvalue weighted by atomic mass is 79.9. The molecule has 2 aromatic rings. The smallest absolute Gasteiger partial charge is 0.129 e. The van der Waals surface area contributed by atoms with Crippen LogP contribution in [-0.2, 0) is 6.54 Å². The molecule has 2 atom stereocenters. The van der Waals surface area contributed by atoms with Crippen molar-refractivity contribution in [3.63, 3.8) is 0 Å². The van der Waals surface area contributed by atoms with Crippen LogP contribution in [0.5, 0.6) is 0 Å². The van der Waals surface area contributed by atoms with Gasteiger partial charge >= 0.3 is 0 Å². The summed E-state index contributed by atoms with van der Waals surface area (Å²) in [5, 5.41) is 3.63. The van der Waals surface area contributed by atoms with Gasteiger partial charge in [0.05, 0.1) is 0 Å². The Bertz CT molecular complexity index is 629. The monoisotopic (exact) mass is 359 g/mol. The van der Waals surface area contributed by atoms with Crippen LogP contribution in [-0.4, -0.2) is 28.5 Å². The van der Waals surface area contributed by atoms with Gasteiger partial charge in [0.15, 0.2) is 0 Å². The average Bonchev–Trinajstić information content (AvgIpc) is 2.84. The molecular formula is C18H22BrN3. The van der Waals surface area contributed by atoms with Gasteiger partial charge < -0.3 is 5.32 Å². The van der Waals surface area contributed by atoms with Crippen molar-refractivity contribution in [3.8, 4) is 0 Å². The van der Waals surface area contributed by atoms with Crippen molar-refractivity contribution in [2.75, 3.05) is 11.9 Å². The number of nitrogens with one attached hydrogen (secondary N) is 1. The molecule has 0 bridgehead atoms. The van der Waals surface area contributed by atoms with Gasteiger partial charge in [0, 0.05) is 35.8 Å². The Morgan fingerprint density at radius 2 is 2.09 bits per heavy atom. The summed E-state index contributed by atoms with van der Waals surface area (Å²) in [5.41, 5.74) is 2.57. The number of rotatable bonds is 4. The molecule has 0 amide bonds. The SMILES string of the molecule is Cc1cc(Br)cnc1NC1CCN(Cc2ccccc2)C1C. The fraction of sp³-hybridized carbons (Fsp3) is 0.389. The lowest BCUT2D eigenvalue weighted by molar-refractivity contribution is 0.255. The van der Waals surface area contributed by atoms with Crippen LogP contribution in [0.1, 0.15) is 24.5 Å². The molecule has 2 unspecified atom stereocenters. The van der Waals surface area contributed by atoms with Crippen molar-refractivity contribution in [1.29, 1.82) is 0 Å². The van der Waals surface area contributed by atoms with Crippen molar-refractivity contribution >= 4 is 21.7 Å². The maximum atomic E-state index is 4.51. The zero-order valence-corrected chi connectivity index (χ0v) is 14.7. The van der Waals surface area contributed by atoms with Gasteiger partial charge in [-0.3, -0.25) is 4.90 Å². The minimum Gasteiger partial charge on any atom is -0.366 e. The van der Waals surface area contributed by atoms with Crippen LogP contribution in [0.15, 0.2) is 47.1 Å². The average molecular weight is 360 g/mol. The molecule has 116 valence electrons. The Labute approximate surface area is 140 Å². The van der Waals surface area contributed by atoms with Crippen molar-refractivity contribution in [1.82, 2.24) is 9.88 Å². The molecule has 1 aliphatic rings. The number of hydrogen-bond acceptors (Lipinski definition) is 3. The number of benzene rings is 1. The number of hydrogen-bond donors (Lipinski definition) is 1. The van der Waals surface area contributed by atoms with E-state index in [0.717, 1.165) is 29.8 Å². The number of anilines is 1. The maximum Gasteiger partial charge on any atom is 0.129 e. The summed E-state index contributed by atoms with van der Waals surface area (Å²) in [6.45, 7) is 6.56. The standard InChI is InChI=1S/C18H22BrN3/c1-13-10-16(19)11-20-18(13)21-17-8-9-22(14(17)2)12-15-6-4-3-5-7-15/h3-7,10-11,14,17H,8-9,12H2,1-2H3,(H,20,21). The van der Waals surface area contributed by atoms with Crippen molar-refractivity contribution in [2.45, 2.75) is 38.9 Å². The van der Waals surface area contributed by atoms with E-state index < -0.39 is 0 Å². The number of aryl methyl sites for hydroxylation is 1. The van der Waals surface area contributed by atoms with Gasteiger partial charge in [0.25, 0.3) is 0 Å². The predicted octanol–water partition coefficient (Wildman–Crippen LogP) is 4.23. The van der Waals surface area contributed by atoms with E-state index >= 15 is 0 Å². The normalized spacial score (nSPS) is 22.0. The Morgan fingerprint density at radius 3 is 2.82 bits per heavy atom. The fourth-order valence-electron chi connectivity index (χ4n) is 3.11. The second kappa shape index (κ2) is 6.80. The third-order valence-corrected chi connectivity index (χ3v) is 4.91. The molecule has 1 N–H and O–H groups in total. The Hall–Kier alpha value is -1.39. The summed E-state index contributed by atoms with van der Waals surface area (Å²) >= 11 is 3.47. The molecule has 1 aromatic carbocycles. The molecule has 3 nitrogen and oxygen atoms in total. The van der Waals surface area contributed by atoms with Crippen LogP contribution in [0.3, 0.4) is 0 Å². The number of halogens is 1. The molecule has 0 saturated carbocycles. The lowest BCUT2D eigenvalue weighted by Gasteiger charge is -2.26. The summed E-state index contributed by atoms with van der Waals surface area (Å²) in [6.07, 6.45) is 3.02. The van der Waals surface area contributed by atoms with Gasteiger partial charge in [0.2, 0.25) is 0 Å². The van der Waals surface area contributed by atoms with Crippen molar-refractivity contribution in [3.05, 3.63) is 58.2 Å². The zero-order valence-electron chi connectivity index (χ0n) is 13.1. The van der Waals surface area contributed by atoms with Crippen LogP contribution in [0.25, 0.3) is 0 Å². The highest BCUT2D eigenvalue weighted by Crippen LogP contribution is 2.25. The van der Waals surface area contributed by atoms with E-state index in [1.807, 2.05) is 6.20 Å². The van der Waals surface area contributed by atoms with E-state index in [1.165, 1.54) is 11.1 Å². The first-order valence-electron chi connectivity index (χ1n) is 7.80. The quantitative estimate of drug-likeness (QED) is 0.885. The molecule has 1 aromatic heterocycles. The first kappa shape index (κ1) is 15.5. The van der Waals surface area contributed by atoms with Crippen LogP contribution in [0, 0.1) is 6.92 Å². The second-order valence-corrected chi connectivity index (χ2v) is 6.97. The van der Waals surface area contributed by atoms with Gasteiger partial charge in [-0.2, -0.15) is 0 Å². The predicted molar refractivity (Wildman–Crippen MR) is 95.0 cm³/mol. The van der Waals surface area contributed by atoms with E-state index in [1.54, 1.807) is 0 Å². The zero-order chi connectivity index (χ0) is 15.5. The summed E-state index contributed by atoms with van der Waals surface area (Å²) in [6, 6.07) is 13.8. The highest BCUT2D eigenvalue weighted by Gasteiger charge is 2.30. The van der Waals surface area contributed by atoms with E-state index in [9.17, 15) is 0 Å². The van der Waals surface area contributed by atoms with Crippen LogP contribution < -0.4 is 5.32 Å². The number of nitrogens with zero attached hydrogens (tertiary/aromatic N) is 2. The first-order chi connectivity index (χ1) is 10.6. The second-order valence-electron chi connectivity index (χ2n) is 6.06. The van der Waals surface area contributed by atoms with Gasteiger partial charge in [-0.15, -0.1) is 0 Å². The topological polar surface area (TPSA) is 28.2 Å². The summed E-state index contributed by atoms with van der Waals surface area (Å²) in [4.78, 5) is 7.05. The van der Waals surface area contributed by atoms with Crippen molar-refractivity contribution < 1.29 is 0 Å². The molecule has 0 aliphatic carbocycles. The van der Waals surface area contributed by atoms with Crippen molar-refractivity contribution in [2.24, 2.45) is 0 Å². The van der Waals surface area contributed by atoms with E-state index in [2.05, 4.69) is 81.4 Å². The summed E-state index contributed by atoms with van der Waals surface area (Å²) in [5.74, 6) is 1.00. The number of aromatic nitrogens is 1. The molecule has 1 saturated heterocycles. The van der Waals surface area contributed by atoms with Crippen LogP contribution in [0.4, 0.5) is 5.82 Å². The Morgan fingerprint density at radius 1 is 1.32 bits per heavy atom. The fourth-order valence-corrected chi connectivity index (χ4v) is 3.55. The van der Waals surface area contributed by atoms with E-state index in [0.29, 0.717) is 12.1 Å². The van der Waals surface area contributed by atoms with Gasteiger partial charge in [-0.05, 0) is 53.4 Å². The van der Waals surface area contributed by atoms with Gasteiger partial charge in [0.1, 0.15) is 5.82 Å². The molecule has 1 fully saturated rings. The third-order valence-electron chi connectivity index (χ3n) is 4.48. The molecule has 0 spiro atoms. The molecular weight excluding hydrogens is 338 g/mol. The summed E-state index contributed by atoms with van der Waals surface area (Å²) in [7, 11) is 0. The first-order valence-corrected chi connectivity index (χ1v) is 8.59. The molecule has 1 aliphatic heterocycles.